The highest BCUT2D eigenvalue weighted by molar-refractivity contribution is 5.50. The van der Waals surface area contributed by atoms with Crippen molar-refractivity contribution in [2.75, 3.05) is 6.54 Å². The zero-order valence-corrected chi connectivity index (χ0v) is 14.8. The van der Waals surface area contributed by atoms with Crippen molar-refractivity contribution in [1.29, 1.82) is 0 Å². The molecule has 0 bridgehead atoms. The minimum atomic E-state index is 0.477. The Morgan fingerprint density at radius 3 is 3.12 bits per heavy atom. The molecule has 1 aliphatic carbocycles. The summed E-state index contributed by atoms with van der Waals surface area (Å²) in [5.41, 5.74) is 7.16. The largest absolute Gasteiger partial charge is 0.489 e. The van der Waals surface area contributed by atoms with Gasteiger partial charge in [-0.05, 0) is 61.8 Å². The van der Waals surface area contributed by atoms with Gasteiger partial charge in [0.25, 0.3) is 0 Å². The lowest BCUT2D eigenvalue weighted by Gasteiger charge is -2.22. The Morgan fingerprint density at radius 2 is 2.29 bits per heavy atom. The van der Waals surface area contributed by atoms with Crippen molar-refractivity contribution in [3.63, 3.8) is 0 Å². The van der Waals surface area contributed by atoms with Gasteiger partial charge in [-0.1, -0.05) is 37.3 Å². The van der Waals surface area contributed by atoms with Crippen molar-refractivity contribution in [2.45, 2.75) is 58.0 Å². The van der Waals surface area contributed by atoms with Crippen molar-refractivity contribution in [3.8, 4) is 5.75 Å². The Balaban J connectivity index is 1.61. The monoisotopic (exact) mass is 321 g/mol. The van der Waals surface area contributed by atoms with Gasteiger partial charge in [0.05, 0.1) is 0 Å². The van der Waals surface area contributed by atoms with E-state index in [9.17, 15) is 0 Å². The number of hydrogen-bond acceptors (Lipinski definition) is 2. The van der Waals surface area contributed by atoms with Gasteiger partial charge >= 0.3 is 0 Å². The number of nitrogens with one attached hydrogen (secondary N) is 1. The highest BCUT2D eigenvalue weighted by atomic mass is 16.5. The summed E-state index contributed by atoms with van der Waals surface area (Å²) in [5, 5.41) is 3.54. The average molecular weight is 321 g/mol. The Bertz CT molecular complexity index is 725. The Labute approximate surface area is 145 Å². The van der Waals surface area contributed by atoms with E-state index in [1.165, 1.54) is 47.2 Å². The van der Waals surface area contributed by atoms with Crippen LogP contribution < -0.4 is 10.1 Å². The zero-order valence-electron chi connectivity index (χ0n) is 14.8. The van der Waals surface area contributed by atoms with Gasteiger partial charge in [-0.3, -0.25) is 0 Å². The molecule has 1 aromatic carbocycles. The van der Waals surface area contributed by atoms with Crippen LogP contribution in [-0.2, 0) is 6.42 Å². The summed E-state index contributed by atoms with van der Waals surface area (Å²) in [6.45, 7) is 5.51. The minimum Gasteiger partial charge on any atom is -0.489 e. The first kappa shape index (κ1) is 15.6. The molecule has 1 fully saturated rings. The van der Waals surface area contributed by atoms with Crippen LogP contribution in [0.5, 0.6) is 5.75 Å². The molecule has 1 N–H and O–H groups in total. The summed E-state index contributed by atoms with van der Waals surface area (Å²) in [4.78, 5) is 0. The molecule has 2 nitrogen and oxygen atoms in total. The van der Waals surface area contributed by atoms with Crippen molar-refractivity contribution in [2.24, 2.45) is 0 Å². The molecule has 4 rings (SSSR count). The molecular weight excluding hydrogens is 294 g/mol. The lowest BCUT2D eigenvalue weighted by Crippen LogP contribution is -2.21. The molecule has 0 radical (unpaired) electrons. The smallest absolute Gasteiger partial charge is 0.123 e. The van der Waals surface area contributed by atoms with E-state index < -0.39 is 0 Å². The van der Waals surface area contributed by atoms with Gasteiger partial charge in [0, 0.05) is 23.7 Å². The number of hydrogen-bond donors (Lipinski definition) is 1. The minimum absolute atomic E-state index is 0.477. The van der Waals surface area contributed by atoms with Crippen molar-refractivity contribution >= 4 is 0 Å². The Hall–Kier alpha value is -1.96. The molecular formula is C22H27NO. The first-order chi connectivity index (χ1) is 11.8. The van der Waals surface area contributed by atoms with E-state index in [1.807, 2.05) is 0 Å². The third-order valence-corrected chi connectivity index (χ3v) is 5.38. The predicted molar refractivity (Wildman–Crippen MR) is 99.4 cm³/mol. The lowest BCUT2D eigenvalue weighted by molar-refractivity contribution is 0.318. The average Bonchev–Trinajstić information content (AvgIpc) is 3.27. The molecule has 2 unspecified atom stereocenters. The maximum atomic E-state index is 5.91. The summed E-state index contributed by atoms with van der Waals surface area (Å²) in [7, 11) is 0. The maximum absolute atomic E-state index is 5.91. The highest BCUT2D eigenvalue weighted by Crippen LogP contribution is 2.53. The first-order valence-electron chi connectivity index (χ1n) is 9.35. The second-order valence-electron chi connectivity index (χ2n) is 7.21. The van der Waals surface area contributed by atoms with Crippen molar-refractivity contribution in [3.05, 3.63) is 64.4 Å². The van der Waals surface area contributed by atoms with Crippen LogP contribution in [0.4, 0.5) is 0 Å². The van der Waals surface area contributed by atoms with Crippen LogP contribution in [0.1, 0.15) is 56.6 Å². The van der Waals surface area contributed by atoms with E-state index in [1.54, 1.807) is 0 Å². The number of ether oxygens (including phenoxy) is 1. The van der Waals surface area contributed by atoms with E-state index in [4.69, 9.17) is 4.74 Å². The molecule has 126 valence electrons. The van der Waals surface area contributed by atoms with E-state index in [0.717, 1.165) is 25.1 Å². The molecule has 0 spiro atoms. The summed E-state index contributed by atoms with van der Waals surface area (Å²) >= 11 is 0. The molecule has 2 atom stereocenters. The van der Waals surface area contributed by atoms with Crippen LogP contribution in [0, 0.1) is 0 Å². The van der Waals surface area contributed by atoms with Gasteiger partial charge in [0.15, 0.2) is 0 Å². The van der Waals surface area contributed by atoms with E-state index >= 15 is 0 Å². The van der Waals surface area contributed by atoms with Gasteiger partial charge in [-0.15, -0.1) is 0 Å². The van der Waals surface area contributed by atoms with E-state index in [2.05, 4.69) is 55.6 Å². The van der Waals surface area contributed by atoms with Crippen LogP contribution in [0.25, 0.3) is 0 Å². The topological polar surface area (TPSA) is 21.3 Å². The van der Waals surface area contributed by atoms with Crippen molar-refractivity contribution < 1.29 is 4.74 Å². The van der Waals surface area contributed by atoms with Gasteiger partial charge in [-0.25, -0.2) is 0 Å². The van der Waals surface area contributed by atoms with Crippen molar-refractivity contribution in [1.82, 2.24) is 5.32 Å². The number of fused-ring (bicyclic) bond motifs is 3. The number of allylic oxidation sites excluding steroid dienone is 6. The summed E-state index contributed by atoms with van der Waals surface area (Å²) < 4.78 is 5.91. The third-order valence-electron chi connectivity index (χ3n) is 5.38. The Kier molecular flexibility index (Phi) is 4.22. The molecule has 2 heteroatoms. The Morgan fingerprint density at radius 1 is 1.38 bits per heavy atom. The number of rotatable bonds is 5. The molecule has 1 saturated carbocycles. The molecule has 0 amide bonds. The highest BCUT2D eigenvalue weighted by Gasteiger charge is 2.47. The van der Waals surface area contributed by atoms with Crippen LogP contribution in [-0.4, -0.2) is 12.6 Å². The maximum Gasteiger partial charge on any atom is 0.123 e. The fraction of sp³-hybridized carbons (Fsp3) is 0.455. The third kappa shape index (κ3) is 3.02. The molecule has 24 heavy (non-hydrogen) atoms. The molecule has 1 aromatic rings. The summed E-state index contributed by atoms with van der Waals surface area (Å²) in [5.74, 6) is 1.79. The zero-order chi connectivity index (χ0) is 16.5. The second-order valence-corrected chi connectivity index (χ2v) is 7.21. The van der Waals surface area contributed by atoms with Gasteiger partial charge in [0.2, 0.25) is 0 Å². The molecule has 0 saturated heterocycles. The predicted octanol–water partition coefficient (Wildman–Crippen LogP) is 5.03. The van der Waals surface area contributed by atoms with Crippen LogP contribution >= 0.6 is 0 Å². The first-order valence-corrected chi connectivity index (χ1v) is 9.35. The number of benzene rings is 1. The summed E-state index contributed by atoms with van der Waals surface area (Å²) in [6.07, 6.45) is 13.0. The quantitative estimate of drug-likeness (QED) is 0.768. The fourth-order valence-corrected chi connectivity index (χ4v) is 3.94. The molecule has 2 heterocycles. The van der Waals surface area contributed by atoms with Crippen LogP contribution in [0.3, 0.4) is 0 Å². The molecule has 3 aliphatic rings. The molecule has 2 aliphatic heterocycles. The second kappa shape index (κ2) is 6.51. The van der Waals surface area contributed by atoms with Crippen LogP contribution in [0.15, 0.2) is 53.3 Å². The van der Waals surface area contributed by atoms with Crippen LogP contribution in [0.2, 0.25) is 0 Å². The normalized spacial score (nSPS) is 25.3. The standard InChI is InChI=1S/C22H27NO/c1-3-4-5-7-17(18-8-6-11-23-15(18)2)12-16-9-10-21-19(13-16)20-14-22(20)24-21/h4-5,7,9-10,13,20,22-23H,3,6,8,11-12,14H2,1-2H3/b5-4+,17-7-. The van der Waals surface area contributed by atoms with Gasteiger partial charge in [-0.2, -0.15) is 0 Å². The van der Waals surface area contributed by atoms with Gasteiger partial charge < -0.3 is 10.1 Å². The van der Waals surface area contributed by atoms with E-state index in [-0.39, 0.29) is 0 Å². The van der Waals surface area contributed by atoms with Gasteiger partial charge in [0.1, 0.15) is 11.9 Å². The lowest BCUT2D eigenvalue weighted by atomic mass is 9.90. The molecule has 0 aromatic heterocycles. The SMILES string of the molecule is CC/C=C/C=C(/Cc1ccc2c(c1)C1CC1O2)C1=C(C)NCCC1. The summed E-state index contributed by atoms with van der Waals surface area (Å²) in [6, 6.07) is 6.81. The fourth-order valence-electron chi connectivity index (χ4n) is 3.94. The van der Waals surface area contributed by atoms with E-state index in [0.29, 0.717) is 12.0 Å².